The lowest BCUT2D eigenvalue weighted by atomic mass is 10.1. The van der Waals surface area contributed by atoms with Crippen LogP contribution in [0, 0.1) is 5.82 Å². The topological polar surface area (TPSA) is 17.1 Å². The number of carbonyl (C=O) groups excluding carboxylic acids is 1. The summed E-state index contributed by atoms with van der Waals surface area (Å²) < 4.78 is 13.8. The molecule has 2 rings (SSSR count). The Kier molecular flexibility index (Phi) is 5.16. The molecule has 0 aliphatic rings. The third kappa shape index (κ3) is 4.48. The first-order valence-electron chi connectivity index (χ1n) is 5.82. The Bertz CT molecular complexity index is 569. The molecular formula is C15H12BrFOS. The fourth-order valence-electron chi connectivity index (χ4n) is 1.60. The van der Waals surface area contributed by atoms with E-state index in [-0.39, 0.29) is 11.6 Å². The molecule has 19 heavy (non-hydrogen) atoms. The number of hydrogen-bond donors (Lipinski definition) is 0. The van der Waals surface area contributed by atoms with Gasteiger partial charge in [0.15, 0.2) is 5.78 Å². The van der Waals surface area contributed by atoms with E-state index in [4.69, 9.17) is 0 Å². The van der Waals surface area contributed by atoms with E-state index in [1.165, 1.54) is 24.3 Å². The molecule has 2 aromatic carbocycles. The minimum absolute atomic E-state index is 0.0440. The summed E-state index contributed by atoms with van der Waals surface area (Å²) in [6.45, 7) is 0. The van der Waals surface area contributed by atoms with Crippen LogP contribution in [0.2, 0.25) is 0 Å². The summed E-state index contributed by atoms with van der Waals surface area (Å²) in [5.41, 5.74) is 0.566. The van der Waals surface area contributed by atoms with Crippen LogP contribution in [0.15, 0.2) is 57.9 Å². The van der Waals surface area contributed by atoms with Crippen molar-refractivity contribution in [1.29, 1.82) is 0 Å². The van der Waals surface area contributed by atoms with Gasteiger partial charge in [-0.1, -0.05) is 22.0 Å². The van der Waals surface area contributed by atoms with Crippen molar-refractivity contribution in [1.82, 2.24) is 0 Å². The van der Waals surface area contributed by atoms with E-state index in [0.29, 0.717) is 17.7 Å². The minimum Gasteiger partial charge on any atom is -0.294 e. The van der Waals surface area contributed by atoms with Gasteiger partial charge in [0.1, 0.15) is 5.82 Å². The maximum absolute atomic E-state index is 12.7. The second-order valence-corrected chi connectivity index (χ2v) is 6.07. The van der Waals surface area contributed by atoms with Crippen LogP contribution in [-0.4, -0.2) is 11.5 Å². The van der Waals surface area contributed by atoms with Crippen LogP contribution in [0.5, 0.6) is 0 Å². The Labute approximate surface area is 124 Å². The molecule has 0 spiro atoms. The van der Waals surface area contributed by atoms with Gasteiger partial charge in [-0.2, -0.15) is 0 Å². The summed E-state index contributed by atoms with van der Waals surface area (Å²) in [5, 5.41) is 0. The summed E-state index contributed by atoms with van der Waals surface area (Å²) in [7, 11) is 0. The molecule has 0 aliphatic carbocycles. The second kappa shape index (κ2) is 6.87. The molecule has 0 radical (unpaired) electrons. The standard InChI is InChI=1S/C15H12BrFOS/c16-12-2-1-3-14(10-12)19-9-8-15(18)11-4-6-13(17)7-5-11/h1-7,10H,8-9H2. The van der Waals surface area contributed by atoms with Crippen LogP contribution in [-0.2, 0) is 0 Å². The number of carbonyl (C=O) groups is 1. The number of benzene rings is 2. The zero-order valence-electron chi connectivity index (χ0n) is 10.1. The molecule has 0 aliphatic heterocycles. The van der Waals surface area contributed by atoms with Gasteiger partial charge in [0.05, 0.1) is 0 Å². The average Bonchev–Trinajstić information content (AvgIpc) is 2.39. The highest BCUT2D eigenvalue weighted by Gasteiger charge is 2.06. The molecule has 0 atom stereocenters. The number of halogens is 2. The van der Waals surface area contributed by atoms with Crippen molar-refractivity contribution in [2.75, 3.05) is 5.75 Å². The maximum Gasteiger partial charge on any atom is 0.163 e. The van der Waals surface area contributed by atoms with Gasteiger partial charge in [0.25, 0.3) is 0 Å². The lowest BCUT2D eigenvalue weighted by Gasteiger charge is -2.02. The van der Waals surface area contributed by atoms with Crippen LogP contribution >= 0.6 is 27.7 Å². The second-order valence-electron chi connectivity index (χ2n) is 3.99. The van der Waals surface area contributed by atoms with Gasteiger partial charge in [0.2, 0.25) is 0 Å². The third-order valence-electron chi connectivity index (χ3n) is 2.56. The fraction of sp³-hybridized carbons (Fsp3) is 0.133. The van der Waals surface area contributed by atoms with Crippen LogP contribution in [0.4, 0.5) is 4.39 Å². The fourth-order valence-corrected chi connectivity index (χ4v) is 3.06. The first-order valence-corrected chi connectivity index (χ1v) is 7.60. The lowest BCUT2D eigenvalue weighted by Crippen LogP contribution is -2.00. The molecule has 2 aromatic rings. The lowest BCUT2D eigenvalue weighted by molar-refractivity contribution is 0.0989. The predicted octanol–water partition coefficient (Wildman–Crippen LogP) is 4.95. The van der Waals surface area contributed by atoms with Gasteiger partial charge in [0, 0.05) is 27.1 Å². The Morgan fingerprint density at radius 1 is 1.16 bits per heavy atom. The summed E-state index contributed by atoms with van der Waals surface area (Å²) >= 11 is 5.05. The number of rotatable bonds is 5. The molecule has 0 heterocycles. The molecule has 0 aromatic heterocycles. The summed E-state index contributed by atoms with van der Waals surface area (Å²) in [6, 6.07) is 13.7. The highest BCUT2D eigenvalue weighted by molar-refractivity contribution is 9.10. The van der Waals surface area contributed by atoms with Crippen molar-refractivity contribution < 1.29 is 9.18 Å². The molecule has 0 unspecified atom stereocenters. The normalized spacial score (nSPS) is 10.4. The SMILES string of the molecule is O=C(CCSc1cccc(Br)c1)c1ccc(F)cc1. The van der Waals surface area contributed by atoms with E-state index in [2.05, 4.69) is 15.9 Å². The molecule has 4 heteroatoms. The van der Waals surface area contributed by atoms with Gasteiger partial charge in [-0.3, -0.25) is 4.79 Å². The molecule has 0 N–H and O–H groups in total. The zero-order chi connectivity index (χ0) is 13.7. The number of ketones is 1. The highest BCUT2D eigenvalue weighted by Crippen LogP contribution is 2.23. The van der Waals surface area contributed by atoms with Crippen molar-refractivity contribution in [3.8, 4) is 0 Å². The number of hydrogen-bond acceptors (Lipinski definition) is 2. The monoisotopic (exact) mass is 338 g/mol. The first-order chi connectivity index (χ1) is 9.15. The number of Topliss-reactive ketones (excluding diaryl/α,β-unsaturated/α-hetero) is 1. The van der Waals surface area contributed by atoms with Crippen molar-refractivity contribution in [2.45, 2.75) is 11.3 Å². The zero-order valence-corrected chi connectivity index (χ0v) is 12.5. The van der Waals surface area contributed by atoms with Crippen LogP contribution < -0.4 is 0 Å². The summed E-state index contributed by atoms with van der Waals surface area (Å²) in [6.07, 6.45) is 0.447. The van der Waals surface area contributed by atoms with Gasteiger partial charge < -0.3 is 0 Å². The van der Waals surface area contributed by atoms with Crippen molar-refractivity contribution >= 4 is 33.5 Å². The summed E-state index contributed by atoms with van der Waals surface area (Å²) in [4.78, 5) is 13.0. The van der Waals surface area contributed by atoms with Crippen LogP contribution in [0.3, 0.4) is 0 Å². The Morgan fingerprint density at radius 3 is 2.58 bits per heavy atom. The smallest absolute Gasteiger partial charge is 0.163 e. The molecule has 98 valence electrons. The molecule has 0 saturated heterocycles. The Hall–Kier alpha value is -1.13. The quantitative estimate of drug-likeness (QED) is 0.566. The Balaban J connectivity index is 1.86. The van der Waals surface area contributed by atoms with Gasteiger partial charge >= 0.3 is 0 Å². The van der Waals surface area contributed by atoms with E-state index >= 15 is 0 Å². The first kappa shape index (κ1) is 14.3. The van der Waals surface area contributed by atoms with E-state index in [1.54, 1.807) is 11.8 Å². The molecule has 0 saturated carbocycles. The largest absolute Gasteiger partial charge is 0.294 e. The molecule has 1 nitrogen and oxygen atoms in total. The minimum atomic E-state index is -0.319. The van der Waals surface area contributed by atoms with E-state index < -0.39 is 0 Å². The molecule has 0 amide bonds. The van der Waals surface area contributed by atoms with Gasteiger partial charge in [-0.05, 0) is 42.5 Å². The van der Waals surface area contributed by atoms with E-state index in [1.807, 2.05) is 24.3 Å². The third-order valence-corrected chi connectivity index (χ3v) is 4.05. The van der Waals surface area contributed by atoms with Crippen LogP contribution in [0.1, 0.15) is 16.8 Å². The highest BCUT2D eigenvalue weighted by atomic mass is 79.9. The Morgan fingerprint density at radius 2 is 1.89 bits per heavy atom. The average molecular weight is 339 g/mol. The molecule has 0 fully saturated rings. The van der Waals surface area contributed by atoms with Crippen LogP contribution in [0.25, 0.3) is 0 Å². The van der Waals surface area contributed by atoms with Gasteiger partial charge in [-0.15, -0.1) is 11.8 Å². The van der Waals surface area contributed by atoms with Crippen molar-refractivity contribution in [3.63, 3.8) is 0 Å². The maximum atomic E-state index is 12.7. The summed E-state index contributed by atoms with van der Waals surface area (Å²) in [5.74, 6) is 0.440. The predicted molar refractivity (Wildman–Crippen MR) is 80.2 cm³/mol. The van der Waals surface area contributed by atoms with Gasteiger partial charge in [-0.25, -0.2) is 4.39 Å². The van der Waals surface area contributed by atoms with Crippen molar-refractivity contribution in [2.24, 2.45) is 0 Å². The molecule has 0 bridgehead atoms. The van der Waals surface area contributed by atoms with E-state index in [0.717, 1.165) is 9.37 Å². The van der Waals surface area contributed by atoms with E-state index in [9.17, 15) is 9.18 Å². The van der Waals surface area contributed by atoms with Crippen molar-refractivity contribution in [3.05, 3.63) is 64.4 Å². The number of thioether (sulfide) groups is 1. The molecular weight excluding hydrogens is 327 g/mol.